The van der Waals surface area contributed by atoms with Crippen LogP contribution >= 0.6 is 0 Å². The van der Waals surface area contributed by atoms with Crippen LogP contribution in [0.2, 0.25) is 0 Å². The van der Waals surface area contributed by atoms with Gasteiger partial charge in [0, 0.05) is 5.92 Å². The maximum Gasteiger partial charge on any atom is 0.344 e. The highest BCUT2D eigenvalue weighted by molar-refractivity contribution is 5.87. The molecule has 0 aromatic rings. The lowest BCUT2D eigenvalue weighted by Gasteiger charge is -2.26. The lowest BCUT2D eigenvalue weighted by molar-refractivity contribution is -0.142. The van der Waals surface area contributed by atoms with Crippen LogP contribution in [0.25, 0.3) is 0 Å². The number of hydrogen-bond acceptors (Lipinski definition) is 3. The first-order valence-corrected chi connectivity index (χ1v) is 5.01. The van der Waals surface area contributed by atoms with E-state index in [1.807, 2.05) is 0 Å². The van der Waals surface area contributed by atoms with Gasteiger partial charge < -0.3 is 9.94 Å². The Balaban J connectivity index is 2.44. The second-order valence-electron chi connectivity index (χ2n) is 3.91. The van der Waals surface area contributed by atoms with Crippen molar-refractivity contribution in [1.29, 1.82) is 0 Å². The first kappa shape index (κ1) is 11.0. The minimum Gasteiger partial charge on any atom is -0.479 e. The van der Waals surface area contributed by atoms with Gasteiger partial charge in [0.25, 0.3) is 0 Å². The van der Waals surface area contributed by atoms with Crippen LogP contribution in [-0.2, 0) is 9.63 Å². The van der Waals surface area contributed by atoms with Gasteiger partial charge in [0.2, 0.25) is 6.61 Å². The van der Waals surface area contributed by atoms with Gasteiger partial charge in [-0.3, -0.25) is 0 Å². The summed E-state index contributed by atoms with van der Waals surface area (Å²) in [6.45, 7) is 3.97. The second kappa shape index (κ2) is 4.98. The van der Waals surface area contributed by atoms with E-state index in [0.29, 0.717) is 11.8 Å². The molecule has 0 amide bonds. The third-order valence-electron chi connectivity index (χ3n) is 2.84. The van der Waals surface area contributed by atoms with E-state index < -0.39 is 5.97 Å². The van der Waals surface area contributed by atoms with Gasteiger partial charge in [0.1, 0.15) is 0 Å². The topological polar surface area (TPSA) is 58.9 Å². The highest BCUT2D eigenvalue weighted by Crippen LogP contribution is 2.27. The maximum atomic E-state index is 10.2. The molecule has 0 bridgehead atoms. The summed E-state index contributed by atoms with van der Waals surface area (Å²) in [5.41, 5.74) is 1.00. The van der Waals surface area contributed by atoms with E-state index in [4.69, 9.17) is 9.94 Å². The lowest BCUT2D eigenvalue weighted by Crippen LogP contribution is -2.24. The fourth-order valence-electron chi connectivity index (χ4n) is 1.71. The number of hydrogen-bond donors (Lipinski definition) is 1. The standard InChI is InChI=1S/C10H17NO3/c1-7-4-3-5-9(8(7)2)11-14-6-10(12)13/h7-8H,3-6H2,1-2H3,(H,12,13). The van der Waals surface area contributed by atoms with Gasteiger partial charge in [-0.1, -0.05) is 19.0 Å². The smallest absolute Gasteiger partial charge is 0.344 e. The molecular weight excluding hydrogens is 182 g/mol. The minimum atomic E-state index is -0.981. The van der Waals surface area contributed by atoms with Crippen LogP contribution in [0.4, 0.5) is 0 Å². The average Bonchev–Trinajstić information content (AvgIpc) is 2.12. The quantitative estimate of drug-likeness (QED) is 0.706. The van der Waals surface area contributed by atoms with E-state index in [2.05, 4.69) is 19.0 Å². The Hall–Kier alpha value is -1.06. The zero-order valence-electron chi connectivity index (χ0n) is 8.69. The van der Waals surface area contributed by atoms with Crippen LogP contribution in [-0.4, -0.2) is 23.4 Å². The van der Waals surface area contributed by atoms with Crippen molar-refractivity contribution in [1.82, 2.24) is 0 Å². The highest BCUT2D eigenvalue weighted by Gasteiger charge is 2.23. The largest absolute Gasteiger partial charge is 0.479 e. The third kappa shape index (κ3) is 3.01. The molecule has 0 spiro atoms. The summed E-state index contributed by atoms with van der Waals surface area (Å²) in [4.78, 5) is 14.9. The summed E-state index contributed by atoms with van der Waals surface area (Å²) >= 11 is 0. The molecule has 1 fully saturated rings. The minimum absolute atomic E-state index is 0.343. The van der Waals surface area contributed by atoms with Crippen LogP contribution in [0.1, 0.15) is 33.1 Å². The number of carbonyl (C=O) groups is 1. The molecule has 0 heterocycles. The van der Waals surface area contributed by atoms with Crippen LogP contribution in [0.5, 0.6) is 0 Å². The van der Waals surface area contributed by atoms with Crippen molar-refractivity contribution in [2.75, 3.05) is 6.61 Å². The predicted molar refractivity (Wildman–Crippen MR) is 53.2 cm³/mol. The van der Waals surface area contributed by atoms with Crippen molar-refractivity contribution in [2.24, 2.45) is 17.0 Å². The molecule has 1 saturated carbocycles. The van der Waals surface area contributed by atoms with Gasteiger partial charge in [0.15, 0.2) is 0 Å². The van der Waals surface area contributed by atoms with Crippen molar-refractivity contribution in [3.63, 3.8) is 0 Å². The Morgan fingerprint density at radius 3 is 3.00 bits per heavy atom. The summed E-state index contributed by atoms with van der Waals surface area (Å²) < 4.78 is 0. The monoisotopic (exact) mass is 199 g/mol. The average molecular weight is 199 g/mol. The normalized spacial score (nSPS) is 30.3. The van der Waals surface area contributed by atoms with E-state index in [-0.39, 0.29) is 6.61 Å². The van der Waals surface area contributed by atoms with E-state index in [1.54, 1.807) is 0 Å². The van der Waals surface area contributed by atoms with E-state index in [9.17, 15) is 4.79 Å². The molecule has 0 aliphatic heterocycles. The molecule has 1 rings (SSSR count). The number of aliphatic carboxylic acids is 1. The molecule has 0 aromatic carbocycles. The van der Waals surface area contributed by atoms with Crippen molar-refractivity contribution in [3.05, 3.63) is 0 Å². The summed E-state index contributed by atoms with van der Waals surface area (Å²) in [6, 6.07) is 0. The zero-order valence-corrected chi connectivity index (χ0v) is 8.69. The van der Waals surface area contributed by atoms with Gasteiger partial charge in [-0.15, -0.1) is 0 Å². The first-order valence-electron chi connectivity index (χ1n) is 5.01. The summed E-state index contributed by atoms with van der Waals surface area (Å²) in [5.74, 6) is 0.0549. The number of carboxylic acid groups (broad SMARTS) is 1. The molecule has 2 unspecified atom stereocenters. The molecule has 80 valence electrons. The summed E-state index contributed by atoms with van der Waals surface area (Å²) in [5, 5.41) is 12.3. The Kier molecular flexibility index (Phi) is 3.92. The van der Waals surface area contributed by atoms with Crippen molar-refractivity contribution in [2.45, 2.75) is 33.1 Å². The molecule has 14 heavy (non-hydrogen) atoms. The van der Waals surface area contributed by atoms with Gasteiger partial charge >= 0.3 is 5.97 Å². The van der Waals surface area contributed by atoms with Crippen molar-refractivity contribution in [3.8, 4) is 0 Å². The molecule has 1 N–H and O–H groups in total. The van der Waals surface area contributed by atoms with Gasteiger partial charge in [-0.2, -0.15) is 0 Å². The Labute approximate surface area is 83.9 Å². The van der Waals surface area contributed by atoms with Crippen LogP contribution in [0, 0.1) is 11.8 Å². The fourth-order valence-corrected chi connectivity index (χ4v) is 1.71. The maximum absolute atomic E-state index is 10.2. The molecule has 1 aliphatic carbocycles. The predicted octanol–water partition coefficient (Wildman–Crippen LogP) is 1.90. The Morgan fingerprint density at radius 2 is 2.36 bits per heavy atom. The highest BCUT2D eigenvalue weighted by atomic mass is 16.6. The number of oxime groups is 1. The summed E-state index contributed by atoms with van der Waals surface area (Å²) in [6.07, 6.45) is 3.28. The van der Waals surface area contributed by atoms with Crippen LogP contribution < -0.4 is 0 Å². The van der Waals surface area contributed by atoms with Gasteiger partial charge in [0.05, 0.1) is 5.71 Å². The lowest BCUT2D eigenvalue weighted by atomic mass is 9.80. The Morgan fingerprint density at radius 1 is 1.64 bits per heavy atom. The Bertz CT molecular complexity index is 238. The molecule has 0 radical (unpaired) electrons. The van der Waals surface area contributed by atoms with E-state index in [0.717, 1.165) is 18.6 Å². The number of carboxylic acids is 1. The van der Waals surface area contributed by atoms with E-state index in [1.165, 1.54) is 6.42 Å². The molecular formula is C10H17NO3. The van der Waals surface area contributed by atoms with Crippen LogP contribution in [0.3, 0.4) is 0 Å². The number of rotatable bonds is 3. The van der Waals surface area contributed by atoms with Gasteiger partial charge in [-0.25, -0.2) is 4.79 Å². The summed E-state index contributed by atoms with van der Waals surface area (Å²) in [7, 11) is 0. The molecule has 4 nitrogen and oxygen atoms in total. The van der Waals surface area contributed by atoms with Crippen molar-refractivity contribution < 1.29 is 14.7 Å². The molecule has 2 atom stereocenters. The SMILES string of the molecule is CC1CCCC(=NOCC(=O)O)C1C. The van der Waals surface area contributed by atoms with Crippen molar-refractivity contribution >= 4 is 11.7 Å². The third-order valence-corrected chi connectivity index (χ3v) is 2.84. The van der Waals surface area contributed by atoms with E-state index >= 15 is 0 Å². The molecule has 0 saturated heterocycles. The van der Waals surface area contributed by atoms with Gasteiger partial charge in [-0.05, 0) is 25.2 Å². The number of nitrogens with zero attached hydrogens (tertiary/aromatic N) is 1. The molecule has 0 aromatic heterocycles. The second-order valence-corrected chi connectivity index (χ2v) is 3.91. The molecule has 4 heteroatoms. The molecule has 1 aliphatic rings. The fraction of sp³-hybridized carbons (Fsp3) is 0.800. The first-order chi connectivity index (χ1) is 6.61. The zero-order chi connectivity index (χ0) is 10.6. The van der Waals surface area contributed by atoms with Crippen LogP contribution in [0.15, 0.2) is 5.16 Å².